The van der Waals surface area contributed by atoms with Crippen LogP contribution in [0.25, 0.3) is 22.3 Å². The second-order valence-corrected chi connectivity index (χ2v) is 7.96. The van der Waals surface area contributed by atoms with Gasteiger partial charge in [0.2, 0.25) is 5.90 Å². The molecule has 3 aromatic rings. The summed E-state index contributed by atoms with van der Waals surface area (Å²) in [5, 5.41) is 20.2. The molecular formula is C25H21NO5. The number of carbonyl (C=O) groups is 2. The molecule has 156 valence electrons. The first-order chi connectivity index (χ1) is 14.8. The number of hydrogen-bond donors (Lipinski definition) is 2. The first kappa shape index (κ1) is 20.3. The summed E-state index contributed by atoms with van der Waals surface area (Å²) in [6.07, 6.45) is 0. The summed E-state index contributed by atoms with van der Waals surface area (Å²) in [6.45, 7) is 4.19. The van der Waals surface area contributed by atoms with Crippen LogP contribution in [0.5, 0.6) is 0 Å². The van der Waals surface area contributed by atoms with Crippen LogP contribution in [-0.2, 0) is 4.74 Å². The van der Waals surface area contributed by atoms with Gasteiger partial charge in [-0.1, -0.05) is 60.7 Å². The number of carboxylic acid groups (broad SMARTS) is 2. The van der Waals surface area contributed by atoms with E-state index < -0.39 is 17.5 Å². The van der Waals surface area contributed by atoms with Crippen molar-refractivity contribution >= 4 is 17.8 Å². The molecule has 0 atom stereocenters. The highest BCUT2D eigenvalue weighted by Crippen LogP contribution is 2.39. The topological polar surface area (TPSA) is 96.2 Å². The molecule has 0 spiro atoms. The van der Waals surface area contributed by atoms with Crippen molar-refractivity contribution in [2.24, 2.45) is 4.99 Å². The molecule has 0 aromatic heterocycles. The van der Waals surface area contributed by atoms with Crippen LogP contribution < -0.4 is 0 Å². The number of nitrogens with zero attached hydrogens (tertiary/aromatic N) is 1. The summed E-state index contributed by atoms with van der Waals surface area (Å²) < 4.78 is 5.85. The molecule has 4 rings (SSSR count). The Bertz CT molecular complexity index is 1200. The standard InChI is InChI=1S/C25H21NO5/c1-25(2)14-31-22(26-25)18-13-17(15-9-5-3-6-10-15)20(23(27)28)21(24(29)30)19(18)16-11-7-4-8-12-16/h3-13H,14H2,1-2H3,(H,27,28)(H,29,30). The van der Waals surface area contributed by atoms with Gasteiger partial charge in [-0.25, -0.2) is 14.6 Å². The predicted octanol–water partition coefficient (Wildman–Crippen LogP) is 4.97. The molecule has 0 saturated heterocycles. The molecule has 2 N–H and O–H groups in total. The fraction of sp³-hybridized carbons (Fsp3) is 0.160. The lowest BCUT2D eigenvalue weighted by Gasteiger charge is -2.19. The van der Waals surface area contributed by atoms with Crippen LogP contribution in [0.1, 0.15) is 40.1 Å². The molecule has 0 unspecified atom stereocenters. The number of ether oxygens (including phenoxy) is 1. The van der Waals surface area contributed by atoms with Crippen LogP contribution in [-0.4, -0.2) is 40.2 Å². The molecular weight excluding hydrogens is 394 g/mol. The maximum absolute atomic E-state index is 12.5. The Labute approximate surface area is 179 Å². The zero-order valence-corrected chi connectivity index (χ0v) is 17.1. The summed E-state index contributed by atoms with van der Waals surface area (Å²) in [4.78, 5) is 29.4. The van der Waals surface area contributed by atoms with E-state index in [1.165, 1.54) is 0 Å². The van der Waals surface area contributed by atoms with Crippen molar-refractivity contribution < 1.29 is 24.5 Å². The quantitative estimate of drug-likeness (QED) is 0.613. The highest BCUT2D eigenvalue weighted by molar-refractivity contribution is 6.16. The van der Waals surface area contributed by atoms with Gasteiger partial charge in [0, 0.05) is 11.1 Å². The molecule has 0 saturated carbocycles. The predicted molar refractivity (Wildman–Crippen MR) is 118 cm³/mol. The largest absolute Gasteiger partial charge is 0.478 e. The van der Waals surface area contributed by atoms with Crippen LogP contribution in [0.4, 0.5) is 0 Å². The van der Waals surface area contributed by atoms with Gasteiger partial charge in [0.15, 0.2) is 0 Å². The van der Waals surface area contributed by atoms with Crippen molar-refractivity contribution in [1.82, 2.24) is 0 Å². The highest BCUT2D eigenvalue weighted by atomic mass is 16.5. The number of aliphatic imine (C=N–C) groups is 1. The Morgan fingerprint density at radius 2 is 1.39 bits per heavy atom. The van der Waals surface area contributed by atoms with Gasteiger partial charge in [0.1, 0.15) is 6.61 Å². The van der Waals surface area contributed by atoms with Gasteiger partial charge in [-0.3, -0.25) is 0 Å². The summed E-state index contributed by atoms with van der Waals surface area (Å²) in [5.41, 5.74) is 1.20. The van der Waals surface area contributed by atoms with Crippen molar-refractivity contribution in [3.8, 4) is 22.3 Å². The van der Waals surface area contributed by atoms with Crippen molar-refractivity contribution in [2.45, 2.75) is 19.4 Å². The smallest absolute Gasteiger partial charge is 0.337 e. The zero-order valence-electron chi connectivity index (χ0n) is 17.1. The normalized spacial score (nSPS) is 14.6. The molecule has 0 radical (unpaired) electrons. The molecule has 1 heterocycles. The van der Waals surface area contributed by atoms with E-state index in [0.29, 0.717) is 34.8 Å². The summed E-state index contributed by atoms with van der Waals surface area (Å²) in [7, 11) is 0. The Morgan fingerprint density at radius 3 is 1.87 bits per heavy atom. The average molecular weight is 415 g/mol. The van der Waals surface area contributed by atoms with Gasteiger partial charge in [-0.05, 0) is 36.6 Å². The van der Waals surface area contributed by atoms with Crippen molar-refractivity contribution in [1.29, 1.82) is 0 Å². The van der Waals surface area contributed by atoms with Crippen molar-refractivity contribution in [3.05, 3.63) is 83.4 Å². The SMILES string of the molecule is CC1(C)COC(c2cc(-c3ccccc3)c(C(=O)O)c(C(=O)O)c2-c2ccccc2)=N1. The Hall–Kier alpha value is -3.93. The minimum absolute atomic E-state index is 0.265. The van der Waals surface area contributed by atoms with E-state index in [9.17, 15) is 19.8 Å². The average Bonchev–Trinajstić information content (AvgIpc) is 3.12. The lowest BCUT2D eigenvalue weighted by Crippen LogP contribution is -2.17. The number of hydrogen-bond acceptors (Lipinski definition) is 4. The second-order valence-electron chi connectivity index (χ2n) is 7.96. The molecule has 0 aliphatic carbocycles. The van der Waals surface area contributed by atoms with Gasteiger partial charge in [0.25, 0.3) is 0 Å². The molecule has 0 amide bonds. The lowest BCUT2D eigenvalue weighted by atomic mass is 9.85. The molecule has 31 heavy (non-hydrogen) atoms. The first-order valence-corrected chi connectivity index (χ1v) is 9.80. The lowest BCUT2D eigenvalue weighted by molar-refractivity contribution is 0.0653. The zero-order chi connectivity index (χ0) is 22.2. The number of carboxylic acids is 2. The molecule has 1 aliphatic heterocycles. The van der Waals surface area contributed by atoms with Gasteiger partial charge >= 0.3 is 11.9 Å². The fourth-order valence-electron chi connectivity index (χ4n) is 3.76. The maximum atomic E-state index is 12.5. The van der Waals surface area contributed by atoms with Gasteiger partial charge in [-0.2, -0.15) is 0 Å². The van der Waals surface area contributed by atoms with Crippen molar-refractivity contribution in [3.63, 3.8) is 0 Å². The molecule has 0 fully saturated rings. The monoisotopic (exact) mass is 415 g/mol. The summed E-state index contributed by atoms with van der Waals surface area (Å²) >= 11 is 0. The van der Waals surface area contributed by atoms with Crippen LogP contribution in [0.3, 0.4) is 0 Å². The third-order valence-electron chi connectivity index (χ3n) is 5.10. The van der Waals surface area contributed by atoms with Gasteiger partial charge in [0.05, 0.1) is 16.7 Å². The fourth-order valence-corrected chi connectivity index (χ4v) is 3.76. The molecule has 0 bridgehead atoms. The summed E-state index contributed by atoms with van der Waals surface area (Å²) in [6, 6.07) is 19.4. The summed E-state index contributed by atoms with van der Waals surface area (Å²) in [5.74, 6) is -2.33. The van der Waals surface area contributed by atoms with Gasteiger partial charge in [-0.15, -0.1) is 0 Å². The molecule has 3 aromatic carbocycles. The van der Waals surface area contributed by atoms with E-state index in [1.807, 2.05) is 26.0 Å². The van der Waals surface area contributed by atoms with E-state index in [-0.39, 0.29) is 16.7 Å². The van der Waals surface area contributed by atoms with Crippen LogP contribution in [0.15, 0.2) is 71.7 Å². The minimum Gasteiger partial charge on any atom is -0.478 e. The van der Waals surface area contributed by atoms with E-state index in [2.05, 4.69) is 4.99 Å². The Morgan fingerprint density at radius 1 is 0.839 bits per heavy atom. The van der Waals surface area contributed by atoms with E-state index in [1.54, 1.807) is 54.6 Å². The minimum atomic E-state index is -1.33. The van der Waals surface area contributed by atoms with E-state index >= 15 is 0 Å². The van der Waals surface area contributed by atoms with Gasteiger partial charge < -0.3 is 14.9 Å². The molecule has 1 aliphatic rings. The van der Waals surface area contributed by atoms with Crippen LogP contribution >= 0.6 is 0 Å². The van der Waals surface area contributed by atoms with E-state index in [4.69, 9.17) is 4.74 Å². The van der Waals surface area contributed by atoms with E-state index in [0.717, 1.165) is 0 Å². The molecule has 6 heteroatoms. The third kappa shape index (κ3) is 3.80. The number of rotatable bonds is 5. The maximum Gasteiger partial charge on any atom is 0.337 e. The second kappa shape index (κ2) is 7.72. The Balaban J connectivity index is 2.16. The van der Waals surface area contributed by atoms with Crippen molar-refractivity contribution in [2.75, 3.05) is 6.61 Å². The molecule has 6 nitrogen and oxygen atoms in total. The third-order valence-corrected chi connectivity index (χ3v) is 5.10. The highest BCUT2D eigenvalue weighted by Gasteiger charge is 2.34. The first-order valence-electron chi connectivity index (χ1n) is 9.80. The Kier molecular flexibility index (Phi) is 5.07. The number of benzene rings is 3. The van der Waals surface area contributed by atoms with Crippen LogP contribution in [0, 0.1) is 0 Å². The van der Waals surface area contributed by atoms with Crippen LogP contribution in [0.2, 0.25) is 0 Å². The number of aromatic carboxylic acids is 2.